The van der Waals surface area contributed by atoms with Crippen molar-refractivity contribution < 1.29 is 4.39 Å². The quantitative estimate of drug-likeness (QED) is 0.457. The Labute approximate surface area is 107 Å². The lowest BCUT2D eigenvalue weighted by atomic mass is 10.0. The van der Waals surface area contributed by atoms with Gasteiger partial charge in [0.2, 0.25) is 0 Å². The number of hydrogen-bond acceptors (Lipinski definition) is 2. The van der Waals surface area contributed by atoms with Crippen molar-refractivity contribution in [1.29, 1.82) is 0 Å². The third kappa shape index (κ3) is 3.87. The third-order valence-corrected chi connectivity index (χ3v) is 2.55. The van der Waals surface area contributed by atoms with Crippen molar-refractivity contribution >= 4 is 12.1 Å². The maximum Gasteiger partial charge on any atom is 0.141 e. The Morgan fingerprint density at radius 1 is 1.61 bits per heavy atom. The minimum atomic E-state index is -0.317. The van der Waals surface area contributed by atoms with E-state index in [1.807, 2.05) is 13.8 Å². The molecule has 1 aromatic rings. The van der Waals surface area contributed by atoms with E-state index < -0.39 is 0 Å². The van der Waals surface area contributed by atoms with Crippen molar-refractivity contribution in [1.82, 2.24) is 4.98 Å². The molecule has 1 heterocycles. The highest BCUT2D eigenvalue weighted by Gasteiger charge is 2.08. The summed E-state index contributed by atoms with van der Waals surface area (Å²) in [6, 6.07) is 1.48. The summed E-state index contributed by atoms with van der Waals surface area (Å²) in [6.45, 7) is 7.46. The van der Waals surface area contributed by atoms with Crippen LogP contribution >= 0.6 is 0 Å². The molecule has 0 bridgehead atoms. The molecule has 3 nitrogen and oxygen atoms in total. The number of aromatic nitrogens is 1. The highest BCUT2D eigenvalue weighted by molar-refractivity contribution is 5.91. The average molecular weight is 247 g/mol. The molecule has 0 radical (unpaired) electrons. The molecule has 0 aliphatic heterocycles. The Hall–Kier alpha value is -1.84. The lowest BCUT2D eigenvalue weighted by Gasteiger charge is -2.08. The summed E-state index contributed by atoms with van der Waals surface area (Å²) in [5.41, 5.74) is 1.65. The lowest BCUT2D eigenvalue weighted by molar-refractivity contribution is 0.617. The van der Waals surface area contributed by atoms with Crippen molar-refractivity contribution in [2.45, 2.75) is 26.2 Å². The summed E-state index contributed by atoms with van der Waals surface area (Å²) in [5.74, 6) is 0.423. The molecule has 0 amide bonds. The fourth-order valence-corrected chi connectivity index (χ4v) is 1.63. The molecule has 0 aliphatic rings. The minimum absolute atomic E-state index is 0.0205. The van der Waals surface area contributed by atoms with E-state index in [9.17, 15) is 4.39 Å². The van der Waals surface area contributed by atoms with E-state index in [0.29, 0.717) is 6.42 Å². The summed E-state index contributed by atoms with van der Waals surface area (Å²) < 4.78 is 13.0. The Bertz CT molecular complexity index is 478. The monoisotopic (exact) mass is 247 g/mol. The van der Waals surface area contributed by atoms with Gasteiger partial charge in [-0.2, -0.15) is 0 Å². The van der Waals surface area contributed by atoms with Crippen LogP contribution in [0, 0.1) is 12.7 Å². The van der Waals surface area contributed by atoms with Gasteiger partial charge in [0.15, 0.2) is 0 Å². The minimum Gasteiger partial charge on any atom is -0.274 e. The molecule has 1 unspecified atom stereocenters. The first kappa shape index (κ1) is 14.2. The Kier molecular flexibility index (Phi) is 5.36. The van der Waals surface area contributed by atoms with Crippen LogP contribution in [-0.2, 0) is 0 Å². The topological polar surface area (TPSA) is 37.6 Å². The molecular weight excluding hydrogens is 229 g/mol. The van der Waals surface area contributed by atoms with Crippen molar-refractivity contribution in [2.75, 3.05) is 7.05 Å². The van der Waals surface area contributed by atoms with E-state index in [-0.39, 0.29) is 11.7 Å². The lowest BCUT2D eigenvalue weighted by Crippen LogP contribution is -2.04. The van der Waals surface area contributed by atoms with Crippen LogP contribution < -0.4 is 0 Å². The van der Waals surface area contributed by atoms with Crippen LogP contribution in [0.5, 0.6) is 0 Å². The van der Waals surface area contributed by atoms with Crippen LogP contribution in [0.2, 0.25) is 0 Å². The second-order valence-electron chi connectivity index (χ2n) is 4.06. The van der Waals surface area contributed by atoms with E-state index in [0.717, 1.165) is 17.1 Å². The summed E-state index contributed by atoms with van der Waals surface area (Å²) in [7, 11) is 1.70. The fourth-order valence-electron chi connectivity index (χ4n) is 1.63. The van der Waals surface area contributed by atoms with Crippen LogP contribution in [0.25, 0.3) is 0 Å². The highest BCUT2D eigenvalue weighted by atomic mass is 19.1. The molecule has 1 rings (SSSR count). The van der Waals surface area contributed by atoms with Crippen LogP contribution in [0.1, 0.15) is 30.5 Å². The standard InChI is InChI=1S/C14H18FN3/c1-5-6-13(16-4)17-8-11(3)14-10(2)7-12(15)9-18-14/h5,7-9,11H,1,6H2,2-4H3/b16-13-,17-8-. The molecule has 0 aromatic carbocycles. The first-order chi connectivity index (χ1) is 8.58. The number of hydrogen-bond donors (Lipinski definition) is 0. The highest BCUT2D eigenvalue weighted by Crippen LogP contribution is 2.16. The largest absolute Gasteiger partial charge is 0.274 e. The molecule has 1 atom stereocenters. The molecule has 96 valence electrons. The molecule has 1 aromatic heterocycles. The third-order valence-electron chi connectivity index (χ3n) is 2.55. The summed E-state index contributed by atoms with van der Waals surface area (Å²) in [5, 5.41) is 0. The second kappa shape index (κ2) is 6.79. The predicted octanol–water partition coefficient (Wildman–Crippen LogP) is 3.31. The molecule has 18 heavy (non-hydrogen) atoms. The maximum atomic E-state index is 13.0. The first-order valence-electron chi connectivity index (χ1n) is 5.81. The SMILES string of the molecule is C=CCC(/N=C\C(C)c1ncc(F)cc1C)=N/C. The molecular formula is C14H18FN3. The molecule has 0 spiro atoms. The smallest absolute Gasteiger partial charge is 0.141 e. The van der Waals surface area contributed by atoms with E-state index >= 15 is 0 Å². The van der Waals surface area contributed by atoms with Crippen molar-refractivity contribution in [3.05, 3.63) is 42.0 Å². The maximum absolute atomic E-state index is 13.0. The number of amidine groups is 1. The number of halogens is 1. The average Bonchev–Trinajstić information content (AvgIpc) is 2.34. The van der Waals surface area contributed by atoms with Crippen LogP contribution in [0.3, 0.4) is 0 Å². The summed E-state index contributed by atoms with van der Waals surface area (Å²) in [4.78, 5) is 12.4. The molecule has 4 heteroatoms. The summed E-state index contributed by atoms with van der Waals surface area (Å²) >= 11 is 0. The zero-order chi connectivity index (χ0) is 13.5. The number of rotatable bonds is 4. The molecule has 0 saturated heterocycles. The van der Waals surface area contributed by atoms with Gasteiger partial charge in [0.1, 0.15) is 11.7 Å². The number of aryl methyl sites for hydroxylation is 1. The first-order valence-corrected chi connectivity index (χ1v) is 5.81. The fraction of sp³-hybridized carbons (Fsp3) is 0.357. The molecule has 0 fully saturated rings. The predicted molar refractivity (Wildman–Crippen MR) is 74.0 cm³/mol. The van der Waals surface area contributed by atoms with Crippen molar-refractivity contribution in [3.63, 3.8) is 0 Å². The van der Waals surface area contributed by atoms with Crippen LogP contribution in [-0.4, -0.2) is 24.1 Å². The van der Waals surface area contributed by atoms with Gasteiger partial charge in [0.25, 0.3) is 0 Å². The van der Waals surface area contributed by atoms with Gasteiger partial charge in [-0.25, -0.2) is 9.38 Å². The van der Waals surface area contributed by atoms with Crippen LogP contribution in [0.4, 0.5) is 4.39 Å². The van der Waals surface area contributed by atoms with Gasteiger partial charge >= 0.3 is 0 Å². The van der Waals surface area contributed by atoms with Gasteiger partial charge in [0, 0.05) is 25.6 Å². The normalized spacial score (nSPS) is 13.9. The van der Waals surface area contributed by atoms with Gasteiger partial charge in [-0.1, -0.05) is 13.0 Å². The van der Waals surface area contributed by atoms with Crippen molar-refractivity contribution in [3.8, 4) is 0 Å². The number of pyridine rings is 1. The van der Waals surface area contributed by atoms with Gasteiger partial charge < -0.3 is 0 Å². The van der Waals surface area contributed by atoms with E-state index in [1.54, 1.807) is 19.3 Å². The zero-order valence-electron chi connectivity index (χ0n) is 11.0. The van der Waals surface area contributed by atoms with Gasteiger partial charge in [-0.3, -0.25) is 9.98 Å². The number of nitrogens with zero attached hydrogens (tertiary/aromatic N) is 3. The molecule has 0 saturated carbocycles. The molecule has 0 aliphatic carbocycles. The Morgan fingerprint density at radius 3 is 2.89 bits per heavy atom. The van der Waals surface area contributed by atoms with Crippen LogP contribution in [0.15, 0.2) is 34.9 Å². The van der Waals surface area contributed by atoms with Gasteiger partial charge in [-0.05, 0) is 18.6 Å². The second-order valence-corrected chi connectivity index (χ2v) is 4.06. The van der Waals surface area contributed by atoms with E-state index in [2.05, 4.69) is 21.5 Å². The number of aliphatic imine (C=N–C) groups is 2. The van der Waals surface area contributed by atoms with E-state index in [1.165, 1.54) is 12.3 Å². The summed E-state index contributed by atoms with van der Waals surface area (Å²) in [6.07, 6.45) is 5.39. The Morgan fingerprint density at radius 2 is 2.33 bits per heavy atom. The zero-order valence-corrected chi connectivity index (χ0v) is 11.0. The van der Waals surface area contributed by atoms with Gasteiger partial charge in [0.05, 0.1) is 11.9 Å². The van der Waals surface area contributed by atoms with Gasteiger partial charge in [-0.15, -0.1) is 6.58 Å². The van der Waals surface area contributed by atoms with E-state index in [4.69, 9.17) is 0 Å². The van der Waals surface area contributed by atoms with Crippen molar-refractivity contribution in [2.24, 2.45) is 9.98 Å². The Balaban J connectivity index is 2.84. The molecule has 0 N–H and O–H groups in total.